The van der Waals surface area contributed by atoms with Crippen molar-refractivity contribution in [1.82, 2.24) is 9.47 Å². The predicted octanol–water partition coefficient (Wildman–Crippen LogP) is 1.80. The number of carbonyl (C=O) groups excluding carboxylic acids is 1. The van der Waals surface area contributed by atoms with Crippen LogP contribution >= 0.6 is 0 Å². The molecule has 0 bridgehead atoms. The molecular weight excluding hydrogens is 226 g/mol. The fourth-order valence-electron chi connectivity index (χ4n) is 1.85. The van der Waals surface area contributed by atoms with Gasteiger partial charge in [0, 0.05) is 13.1 Å². The lowest BCUT2D eigenvalue weighted by Gasteiger charge is -2.17. The number of hydrogen-bond acceptors (Lipinski definition) is 1. The Hall–Kier alpha value is -2.10. The number of rotatable bonds is 3. The Morgan fingerprint density at radius 2 is 2.06 bits per heavy atom. The first-order valence-electron chi connectivity index (χ1n) is 6.07. The minimum Gasteiger partial charge on any atom is -0.300 e. The zero-order valence-electron chi connectivity index (χ0n) is 10.8. The second-order valence-electron chi connectivity index (χ2n) is 4.27. The molecule has 1 aromatic heterocycles. The molecule has 0 saturated carbocycles. The van der Waals surface area contributed by atoms with Crippen molar-refractivity contribution in [3.8, 4) is 0 Å². The predicted molar refractivity (Wildman–Crippen MR) is 68.9 cm³/mol. The third-order valence-corrected chi connectivity index (χ3v) is 2.86. The summed E-state index contributed by atoms with van der Waals surface area (Å²) in [4.78, 5) is 14.1. The topological polar surface area (TPSA) is 29.1 Å². The molecule has 0 aliphatic heterocycles. The maximum Gasteiger partial charge on any atom is 0.416 e. The fourth-order valence-corrected chi connectivity index (χ4v) is 1.85. The van der Waals surface area contributed by atoms with E-state index in [1.165, 1.54) is 0 Å². The molecule has 0 radical (unpaired) electrons. The molecule has 94 valence electrons. The molecule has 4 nitrogen and oxygen atoms in total. The van der Waals surface area contributed by atoms with Crippen molar-refractivity contribution in [1.29, 1.82) is 0 Å². The summed E-state index contributed by atoms with van der Waals surface area (Å²) in [6, 6.07) is 10.0. The fraction of sp³-hybridized carbons (Fsp3) is 0.286. The van der Waals surface area contributed by atoms with Gasteiger partial charge in [0.1, 0.15) is 12.4 Å². The standard InChI is InChI=1S/C14H18N3O/c1-3-16(11-13-7-5-4-6-8-13)14(18)17-10-9-15(2)12-17/h4-10,12H,3,11H2,1-2H3/q+1. The van der Waals surface area contributed by atoms with Gasteiger partial charge < -0.3 is 4.90 Å². The second-order valence-corrected chi connectivity index (χ2v) is 4.27. The molecule has 1 amide bonds. The highest BCUT2D eigenvalue weighted by Gasteiger charge is 2.19. The van der Waals surface area contributed by atoms with Gasteiger partial charge in [0.15, 0.2) is 0 Å². The molecule has 2 aromatic rings. The maximum atomic E-state index is 12.3. The minimum atomic E-state index is 0.00181. The van der Waals surface area contributed by atoms with Crippen LogP contribution in [0.2, 0.25) is 0 Å². The van der Waals surface area contributed by atoms with E-state index in [9.17, 15) is 4.79 Å². The molecule has 18 heavy (non-hydrogen) atoms. The Morgan fingerprint density at radius 1 is 1.33 bits per heavy atom. The van der Waals surface area contributed by atoms with Gasteiger partial charge in [-0.3, -0.25) is 0 Å². The summed E-state index contributed by atoms with van der Waals surface area (Å²) in [6.45, 7) is 3.32. The van der Waals surface area contributed by atoms with Crippen molar-refractivity contribution in [2.75, 3.05) is 6.54 Å². The lowest BCUT2D eigenvalue weighted by Crippen LogP contribution is -2.34. The van der Waals surface area contributed by atoms with Crippen molar-refractivity contribution >= 4 is 6.03 Å². The van der Waals surface area contributed by atoms with E-state index in [0.717, 1.165) is 5.56 Å². The highest BCUT2D eigenvalue weighted by Crippen LogP contribution is 2.06. The van der Waals surface area contributed by atoms with E-state index in [4.69, 9.17) is 0 Å². The monoisotopic (exact) mass is 244 g/mol. The number of aromatic nitrogens is 2. The van der Waals surface area contributed by atoms with Gasteiger partial charge in [-0.2, -0.15) is 4.57 Å². The lowest BCUT2D eigenvalue weighted by molar-refractivity contribution is -0.670. The minimum absolute atomic E-state index is 0.00181. The molecule has 0 aliphatic rings. The van der Waals surface area contributed by atoms with Gasteiger partial charge in [0.05, 0.1) is 7.05 Å². The van der Waals surface area contributed by atoms with Gasteiger partial charge in [-0.1, -0.05) is 30.3 Å². The summed E-state index contributed by atoms with van der Waals surface area (Å²) in [5, 5.41) is 0. The molecule has 4 heteroatoms. The van der Waals surface area contributed by atoms with Gasteiger partial charge in [-0.15, -0.1) is 0 Å². The Balaban J connectivity index is 2.12. The number of amides is 1. The summed E-state index contributed by atoms with van der Waals surface area (Å²) in [5.74, 6) is 0. The second kappa shape index (κ2) is 5.49. The molecule has 2 rings (SSSR count). The normalized spacial score (nSPS) is 10.3. The van der Waals surface area contributed by atoms with Crippen molar-refractivity contribution in [2.45, 2.75) is 13.5 Å². The number of aryl methyl sites for hydroxylation is 1. The molecule has 0 fully saturated rings. The molecule has 1 heterocycles. The summed E-state index contributed by atoms with van der Waals surface area (Å²) >= 11 is 0. The maximum absolute atomic E-state index is 12.3. The molecule has 1 aromatic carbocycles. The molecular formula is C14H18N3O+. The third-order valence-electron chi connectivity index (χ3n) is 2.86. The number of carbonyl (C=O) groups is 1. The molecule has 0 unspecified atom stereocenters. The van der Waals surface area contributed by atoms with Crippen LogP contribution in [0.15, 0.2) is 49.1 Å². The molecule has 0 atom stereocenters. The summed E-state index contributed by atoms with van der Waals surface area (Å²) < 4.78 is 3.46. The van der Waals surface area contributed by atoms with Gasteiger partial charge in [-0.25, -0.2) is 9.36 Å². The summed E-state index contributed by atoms with van der Waals surface area (Å²) in [5.41, 5.74) is 1.14. The van der Waals surface area contributed by atoms with E-state index in [2.05, 4.69) is 0 Å². The van der Waals surface area contributed by atoms with Crippen LogP contribution in [0, 0.1) is 0 Å². The van der Waals surface area contributed by atoms with Crippen LogP contribution in [0.3, 0.4) is 0 Å². The van der Waals surface area contributed by atoms with E-state index in [1.807, 2.05) is 60.0 Å². The van der Waals surface area contributed by atoms with E-state index in [0.29, 0.717) is 13.1 Å². The summed E-state index contributed by atoms with van der Waals surface area (Å²) in [6.07, 6.45) is 5.40. The molecule has 0 saturated heterocycles. The highest BCUT2D eigenvalue weighted by atomic mass is 16.2. The van der Waals surface area contributed by atoms with Crippen LogP contribution in [-0.2, 0) is 13.6 Å². The Bertz CT molecular complexity index is 519. The van der Waals surface area contributed by atoms with Crippen molar-refractivity contribution in [3.63, 3.8) is 0 Å². The van der Waals surface area contributed by atoms with E-state index >= 15 is 0 Å². The SMILES string of the molecule is CCN(Cc1ccccc1)C(=O)n1cc[n+](C)c1. The van der Waals surface area contributed by atoms with Gasteiger partial charge in [-0.05, 0) is 12.5 Å². The van der Waals surface area contributed by atoms with Crippen LogP contribution < -0.4 is 4.57 Å². The molecule has 0 aliphatic carbocycles. The van der Waals surface area contributed by atoms with Crippen LogP contribution in [-0.4, -0.2) is 22.0 Å². The molecule has 0 spiro atoms. The van der Waals surface area contributed by atoms with Crippen molar-refractivity contribution in [3.05, 3.63) is 54.6 Å². The zero-order valence-corrected chi connectivity index (χ0v) is 10.8. The number of benzene rings is 1. The largest absolute Gasteiger partial charge is 0.416 e. The lowest BCUT2D eigenvalue weighted by atomic mass is 10.2. The Morgan fingerprint density at radius 3 is 2.61 bits per heavy atom. The summed E-state index contributed by atoms with van der Waals surface area (Å²) in [7, 11) is 1.90. The average Bonchev–Trinajstić information content (AvgIpc) is 2.83. The van der Waals surface area contributed by atoms with Crippen LogP contribution in [0.1, 0.15) is 12.5 Å². The highest BCUT2D eigenvalue weighted by molar-refractivity contribution is 5.76. The van der Waals surface area contributed by atoms with Crippen molar-refractivity contribution in [2.24, 2.45) is 7.05 Å². The van der Waals surface area contributed by atoms with Crippen LogP contribution in [0.4, 0.5) is 4.79 Å². The zero-order chi connectivity index (χ0) is 13.0. The number of nitrogens with zero attached hydrogens (tertiary/aromatic N) is 3. The number of imidazole rings is 1. The first-order valence-corrected chi connectivity index (χ1v) is 6.07. The molecule has 0 N–H and O–H groups in total. The van der Waals surface area contributed by atoms with Crippen LogP contribution in [0.25, 0.3) is 0 Å². The smallest absolute Gasteiger partial charge is 0.300 e. The quantitative estimate of drug-likeness (QED) is 0.757. The third kappa shape index (κ3) is 2.77. The van der Waals surface area contributed by atoms with E-state index < -0.39 is 0 Å². The van der Waals surface area contributed by atoms with Gasteiger partial charge in [0.25, 0.3) is 6.33 Å². The van der Waals surface area contributed by atoms with Gasteiger partial charge in [0.2, 0.25) is 0 Å². The number of hydrogen-bond donors (Lipinski definition) is 0. The Kier molecular flexibility index (Phi) is 3.77. The average molecular weight is 244 g/mol. The first kappa shape index (κ1) is 12.4. The van der Waals surface area contributed by atoms with Crippen LogP contribution in [0.5, 0.6) is 0 Å². The first-order chi connectivity index (χ1) is 8.70. The van der Waals surface area contributed by atoms with E-state index in [1.54, 1.807) is 17.1 Å². The van der Waals surface area contributed by atoms with Gasteiger partial charge >= 0.3 is 6.03 Å². The Labute approximate surface area is 107 Å². The van der Waals surface area contributed by atoms with E-state index in [-0.39, 0.29) is 6.03 Å². The van der Waals surface area contributed by atoms with Crippen molar-refractivity contribution < 1.29 is 9.36 Å².